The highest BCUT2D eigenvalue weighted by Gasteiger charge is 2.21. The Bertz CT molecular complexity index is 643. The third-order valence-corrected chi connectivity index (χ3v) is 5.32. The van der Waals surface area contributed by atoms with Crippen molar-refractivity contribution in [3.63, 3.8) is 0 Å². The summed E-state index contributed by atoms with van der Waals surface area (Å²) in [7, 11) is 1.84. The molecule has 0 radical (unpaired) electrons. The highest BCUT2D eigenvalue weighted by molar-refractivity contribution is 8.00. The number of halogens is 2. The third-order valence-electron chi connectivity index (χ3n) is 3.45. The minimum Gasteiger partial charge on any atom is -0.340 e. The lowest BCUT2D eigenvalue weighted by Gasteiger charge is -2.23. The molecular formula is C18H19Cl2NOS. The summed E-state index contributed by atoms with van der Waals surface area (Å²) in [5, 5.41) is 1.30. The average Bonchev–Trinajstić information content (AvgIpc) is 2.55. The van der Waals surface area contributed by atoms with Gasteiger partial charge in [-0.1, -0.05) is 42.3 Å². The summed E-state index contributed by atoms with van der Waals surface area (Å²) >= 11 is 13.4. The molecule has 23 heavy (non-hydrogen) atoms. The molecule has 0 aliphatic heterocycles. The van der Waals surface area contributed by atoms with Gasteiger partial charge in [0, 0.05) is 28.5 Å². The molecule has 0 N–H and O–H groups in total. The summed E-state index contributed by atoms with van der Waals surface area (Å²) in [5.41, 5.74) is 1.07. The first-order valence-electron chi connectivity index (χ1n) is 7.41. The molecule has 0 bridgehead atoms. The predicted molar refractivity (Wildman–Crippen MR) is 99.3 cm³/mol. The zero-order valence-corrected chi connectivity index (χ0v) is 15.5. The number of carbonyl (C=O) groups excluding carboxylic acids is 1. The van der Waals surface area contributed by atoms with Gasteiger partial charge in [-0.3, -0.25) is 4.79 Å². The van der Waals surface area contributed by atoms with E-state index in [1.807, 2.05) is 62.5 Å². The predicted octanol–water partition coefficient (Wildman–Crippen LogP) is 5.52. The Kier molecular flexibility index (Phi) is 6.82. The number of thioether (sulfide) groups is 1. The molecule has 0 fully saturated rings. The summed E-state index contributed by atoms with van der Waals surface area (Å²) in [6, 6.07) is 15.2. The molecule has 2 nitrogen and oxygen atoms in total. The minimum atomic E-state index is -0.103. The van der Waals surface area contributed by atoms with Gasteiger partial charge in [0.2, 0.25) is 5.91 Å². The zero-order valence-electron chi connectivity index (χ0n) is 13.1. The fourth-order valence-electron chi connectivity index (χ4n) is 2.17. The molecule has 0 spiro atoms. The smallest absolute Gasteiger partial charge is 0.236 e. The molecular weight excluding hydrogens is 349 g/mol. The molecule has 0 saturated heterocycles. The number of hydrogen-bond donors (Lipinski definition) is 0. The minimum absolute atomic E-state index is 0.103. The quantitative estimate of drug-likeness (QED) is 0.626. The van der Waals surface area contributed by atoms with Crippen molar-refractivity contribution in [2.75, 3.05) is 7.05 Å². The lowest BCUT2D eigenvalue weighted by atomic mass is 10.2. The number of carbonyl (C=O) groups is 1. The van der Waals surface area contributed by atoms with E-state index < -0.39 is 0 Å². The molecule has 2 aromatic rings. The van der Waals surface area contributed by atoms with Crippen LogP contribution in [-0.2, 0) is 11.3 Å². The van der Waals surface area contributed by atoms with E-state index in [1.165, 1.54) is 0 Å². The van der Waals surface area contributed by atoms with Gasteiger partial charge in [0.05, 0.1) is 5.25 Å². The van der Waals surface area contributed by atoms with Crippen molar-refractivity contribution < 1.29 is 4.79 Å². The fraction of sp³-hybridized carbons (Fsp3) is 0.278. The Morgan fingerprint density at radius 2 is 1.57 bits per heavy atom. The van der Waals surface area contributed by atoms with Crippen LogP contribution in [0.5, 0.6) is 0 Å². The van der Waals surface area contributed by atoms with Gasteiger partial charge in [-0.25, -0.2) is 0 Å². The summed E-state index contributed by atoms with van der Waals surface area (Å²) in [5.74, 6) is 0.127. The molecule has 0 heterocycles. The SMILES string of the molecule is CC[C@@H](Sc1ccc(Cl)cc1)C(=O)N(C)Cc1ccc(Cl)cc1. The van der Waals surface area contributed by atoms with Crippen LogP contribution in [0.4, 0.5) is 0 Å². The lowest BCUT2D eigenvalue weighted by molar-refractivity contribution is -0.129. The van der Waals surface area contributed by atoms with Crippen LogP contribution in [0.2, 0.25) is 10.0 Å². The zero-order chi connectivity index (χ0) is 16.8. The molecule has 0 saturated carbocycles. The van der Waals surface area contributed by atoms with E-state index in [-0.39, 0.29) is 11.2 Å². The van der Waals surface area contributed by atoms with Crippen LogP contribution in [0, 0.1) is 0 Å². The van der Waals surface area contributed by atoms with E-state index in [2.05, 4.69) is 0 Å². The lowest BCUT2D eigenvalue weighted by Crippen LogP contribution is -2.34. The molecule has 0 aliphatic carbocycles. The molecule has 1 atom stereocenters. The van der Waals surface area contributed by atoms with E-state index in [0.29, 0.717) is 16.6 Å². The van der Waals surface area contributed by atoms with Crippen LogP contribution < -0.4 is 0 Å². The van der Waals surface area contributed by atoms with Crippen LogP contribution in [0.15, 0.2) is 53.4 Å². The molecule has 2 rings (SSSR count). The number of nitrogens with zero attached hydrogens (tertiary/aromatic N) is 1. The van der Waals surface area contributed by atoms with E-state index in [1.54, 1.807) is 16.7 Å². The Hall–Kier alpha value is -1.16. The number of hydrogen-bond acceptors (Lipinski definition) is 2. The van der Waals surface area contributed by atoms with Crippen molar-refractivity contribution in [3.8, 4) is 0 Å². The molecule has 5 heteroatoms. The molecule has 1 amide bonds. The average molecular weight is 368 g/mol. The molecule has 0 unspecified atom stereocenters. The van der Waals surface area contributed by atoms with Gasteiger partial charge in [0.15, 0.2) is 0 Å². The Morgan fingerprint density at radius 1 is 1.04 bits per heavy atom. The Morgan fingerprint density at radius 3 is 2.09 bits per heavy atom. The summed E-state index contributed by atoms with van der Waals surface area (Å²) < 4.78 is 0. The van der Waals surface area contributed by atoms with Crippen molar-refractivity contribution in [3.05, 3.63) is 64.1 Å². The summed E-state index contributed by atoms with van der Waals surface area (Å²) in [6.07, 6.45) is 0.775. The van der Waals surface area contributed by atoms with Gasteiger partial charge in [-0.15, -0.1) is 11.8 Å². The second-order valence-electron chi connectivity index (χ2n) is 5.29. The van der Waals surface area contributed by atoms with Gasteiger partial charge >= 0.3 is 0 Å². The number of amides is 1. The highest BCUT2D eigenvalue weighted by atomic mass is 35.5. The van der Waals surface area contributed by atoms with E-state index in [4.69, 9.17) is 23.2 Å². The monoisotopic (exact) mass is 367 g/mol. The van der Waals surface area contributed by atoms with Crippen molar-refractivity contribution >= 4 is 40.9 Å². The normalized spacial score (nSPS) is 12.0. The van der Waals surface area contributed by atoms with Crippen LogP contribution in [-0.4, -0.2) is 23.1 Å². The van der Waals surface area contributed by atoms with Crippen molar-refractivity contribution in [1.29, 1.82) is 0 Å². The van der Waals surface area contributed by atoms with E-state index in [9.17, 15) is 4.79 Å². The van der Waals surface area contributed by atoms with Crippen molar-refractivity contribution in [2.24, 2.45) is 0 Å². The van der Waals surface area contributed by atoms with Crippen molar-refractivity contribution in [2.45, 2.75) is 30.0 Å². The van der Waals surface area contributed by atoms with Crippen LogP contribution in [0.1, 0.15) is 18.9 Å². The Labute approximate surface area is 151 Å². The third kappa shape index (κ3) is 5.45. The fourth-order valence-corrected chi connectivity index (χ4v) is 3.49. The molecule has 122 valence electrons. The maximum atomic E-state index is 12.7. The first kappa shape index (κ1) is 18.2. The first-order chi connectivity index (χ1) is 11.0. The van der Waals surface area contributed by atoms with E-state index >= 15 is 0 Å². The maximum absolute atomic E-state index is 12.7. The van der Waals surface area contributed by atoms with Crippen LogP contribution in [0.3, 0.4) is 0 Å². The molecule has 0 aromatic heterocycles. The second-order valence-corrected chi connectivity index (χ2v) is 7.44. The van der Waals surface area contributed by atoms with Gasteiger partial charge < -0.3 is 4.90 Å². The van der Waals surface area contributed by atoms with Crippen LogP contribution in [0.25, 0.3) is 0 Å². The van der Waals surface area contributed by atoms with Crippen molar-refractivity contribution in [1.82, 2.24) is 4.90 Å². The summed E-state index contributed by atoms with van der Waals surface area (Å²) in [4.78, 5) is 15.5. The highest BCUT2D eigenvalue weighted by Crippen LogP contribution is 2.28. The number of benzene rings is 2. The number of rotatable bonds is 6. The van der Waals surface area contributed by atoms with Gasteiger partial charge in [0.25, 0.3) is 0 Å². The molecule has 2 aromatic carbocycles. The second kappa shape index (κ2) is 8.62. The first-order valence-corrected chi connectivity index (χ1v) is 9.04. The van der Waals surface area contributed by atoms with Gasteiger partial charge in [-0.05, 0) is 48.4 Å². The van der Waals surface area contributed by atoms with Gasteiger partial charge in [0.1, 0.15) is 0 Å². The van der Waals surface area contributed by atoms with E-state index in [0.717, 1.165) is 16.9 Å². The largest absolute Gasteiger partial charge is 0.340 e. The van der Waals surface area contributed by atoms with Crippen LogP contribution >= 0.6 is 35.0 Å². The summed E-state index contributed by atoms with van der Waals surface area (Å²) in [6.45, 7) is 2.61. The molecule has 0 aliphatic rings. The standard InChI is InChI=1S/C18H19Cl2NOS/c1-3-17(23-16-10-8-15(20)9-11-16)18(22)21(2)12-13-4-6-14(19)7-5-13/h4-11,17H,3,12H2,1-2H3/t17-/m1/s1. The van der Waals surface area contributed by atoms with Gasteiger partial charge in [-0.2, -0.15) is 0 Å². The topological polar surface area (TPSA) is 20.3 Å². The maximum Gasteiger partial charge on any atom is 0.236 e. The Balaban J connectivity index is 2.00.